The van der Waals surface area contributed by atoms with Crippen molar-refractivity contribution >= 4 is 32.7 Å². The lowest BCUT2D eigenvalue weighted by Gasteiger charge is -2.31. The lowest BCUT2D eigenvalue weighted by molar-refractivity contribution is -0.130. The molecule has 2 heterocycles. The number of imidazole rings is 1. The van der Waals surface area contributed by atoms with Gasteiger partial charge in [0.1, 0.15) is 18.1 Å². The first-order valence-corrected chi connectivity index (χ1v) is 12.6. The van der Waals surface area contributed by atoms with E-state index in [1.54, 1.807) is 10.6 Å². The van der Waals surface area contributed by atoms with Gasteiger partial charge < -0.3 is 14.8 Å². The summed E-state index contributed by atoms with van der Waals surface area (Å²) >= 11 is 0. The van der Waals surface area contributed by atoms with Gasteiger partial charge in [0.25, 0.3) is 0 Å². The molecule has 1 N–H and O–H groups in total. The molecule has 30 heavy (non-hydrogen) atoms. The third-order valence-corrected chi connectivity index (χ3v) is 6.75. The summed E-state index contributed by atoms with van der Waals surface area (Å²) in [6, 6.07) is 7.37. The third-order valence-electron chi connectivity index (χ3n) is 5.97. The average molecular weight is 433 g/mol. The molecule has 0 spiro atoms. The first-order valence-electron chi connectivity index (χ1n) is 10.5. The number of nitrogens with one attached hydrogen (secondary N) is 1. The van der Waals surface area contributed by atoms with Gasteiger partial charge in [0.2, 0.25) is 11.8 Å². The SMILES string of the molecule is CS(=O)(=O)Cc1nc2ccccc2n1CC(=O)NC1CC(=O)N(C2CCCCC2)C1. The van der Waals surface area contributed by atoms with Crippen molar-refractivity contribution in [3.63, 3.8) is 0 Å². The fourth-order valence-corrected chi connectivity index (χ4v) is 5.33. The molecular weight excluding hydrogens is 404 g/mol. The van der Waals surface area contributed by atoms with Crippen LogP contribution in [0.4, 0.5) is 0 Å². The number of likely N-dealkylation sites (tertiary alicyclic amines) is 1. The lowest BCUT2D eigenvalue weighted by Crippen LogP contribution is -2.42. The minimum absolute atomic E-state index is 0.0283. The fraction of sp³-hybridized carbons (Fsp3) is 0.571. The van der Waals surface area contributed by atoms with Crippen LogP contribution in [0.15, 0.2) is 24.3 Å². The van der Waals surface area contributed by atoms with Crippen LogP contribution in [-0.2, 0) is 31.7 Å². The first-order chi connectivity index (χ1) is 14.3. The summed E-state index contributed by atoms with van der Waals surface area (Å²) in [5.74, 6) is -0.0128. The van der Waals surface area contributed by atoms with E-state index in [9.17, 15) is 18.0 Å². The van der Waals surface area contributed by atoms with Gasteiger partial charge in [-0.25, -0.2) is 13.4 Å². The van der Waals surface area contributed by atoms with Gasteiger partial charge in [0.15, 0.2) is 9.84 Å². The van der Waals surface area contributed by atoms with Crippen molar-refractivity contribution in [2.45, 2.75) is 62.9 Å². The van der Waals surface area contributed by atoms with Gasteiger partial charge in [-0.1, -0.05) is 31.4 Å². The van der Waals surface area contributed by atoms with E-state index in [0.29, 0.717) is 30.3 Å². The van der Waals surface area contributed by atoms with Crippen LogP contribution in [-0.4, -0.2) is 59.6 Å². The van der Waals surface area contributed by atoms with E-state index in [1.807, 2.05) is 23.1 Å². The Morgan fingerprint density at radius 1 is 1.20 bits per heavy atom. The molecule has 4 rings (SSSR count). The summed E-state index contributed by atoms with van der Waals surface area (Å²) in [7, 11) is -3.30. The molecule has 0 radical (unpaired) electrons. The molecule has 1 aromatic heterocycles. The number of fused-ring (bicyclic) bond motifs is 1. The van der Waals surface area contributed by atoms with Gasteiger partial charge in [-0.15, -0.1) is 0 Å². The maximum Gasteiger partial charge on any atom is 0.240 e. The van der Waals surface area contributed by atoms with E-state index in [-0.39, 0.29) is 30.2 Å². The maximum atomic E-state index is 12.8. The van der Waals surface area contributed by atoms with Gasteiger partial charge in [-0.05, 0) is 25.0 Å². The molecule has 0 bridgehead atoms. The summed E-state index contributed by atoms with van der Waals surface area (Å²) < 4.78 is 25.3. The molecule has 9 heteroatoms. The molecule has 1 aliphatic heterocycles. The van der Waals surface area contributed by atoms with E-state index >= 15 is 0 Å². The van der Waals surface area contributed by atoms with E-state index < -0.39 is 9.84 Å². The number of rotatable bonds is 6. The Bertz CT molecular complexity index is 1060. The van der Waals surface area contributed by atoms with Crippen LogP contribution in [0.2, 0.25) is 0 Å². The van der Waals surface area contributed by atoms with Gasteiger partial charge in [0.05, 0.1) is 17.1 Å². The summed E-state index contributed by atoms with van der Waals surface area (Å²) in [6.07, 6.45) is 7.10. The molecule has 8 nitrogen and oxygen atoms in total. The standard InChI is InChI=1S/C21H28N4O4S/c1-30(28,29)14-19-23-17-9-5-6-10-18(17)25(19)13-20(26)22-15-11-21(27)24(12-15)16-7-3-2-4-8-16/h5-6,9-10,15-16H,2-4,7-8,11-14H2,1H3,(H,22,26). The lowest BCUT2D eigenvalue weighted by atomic mass is 9.94. The normalized spacial score (nSPS) is 20.8. The maximum absolute atomic E-state index is 12.8. The number of amides is 2. The Labute approximate surface area is 176 Å². The molecule has 1 aromatic carbocycles. The van der Waals surface area contributed by atoms with E-state index in [1.165, 1.54) is 6.42 Å². The van der Waals surface area contributed by atoms with Crippen molar-refractivity contribution in [3.05, 3.63) is 30.1 Å². The van der Waals surface area contributed by atoms with Crippen molar-refractivity contribution in [1.82, 2.24) is 19.8 Å². The van der Waals surface area contributed by atoms with Crippen molar-refractivity contribution in [2.24, 2.45) is 0 Å². The molecule has 2 fully saturated rings. The number of para-hydroxylation sites is 2. The highest BCUT2D eigenvalue weighted by atomic mass is 32.2. The topological polar surface area (TPSA) is 101 Å². The molecule has 2 aliphatic rings. The molecule has 1 saturated heterocycles. The summed E-state index contributed by atoms with van der Waals surface area (Å²) in [5, 5.41) is 2.97. The van der Waals surface area contributed by atoms with Gasteiger partial charge in [-0.2, -0.15) is 0 Å². The van der Waals surface area contributed by atoms with Crippen molar-refractivity contribution in [2.75, 3.05) is 12.8 Å². The third kappa shape index (κ3) is 4.66. The Morgan fingerprint density at radius 3 is 2.67 bits per heavy atom. The largest absolute Gasteiger partial charge is 0.350 e. The van der Waals surface area contributed by atoms with Crippen LogP contribution >= 0.6 is 0 Å². The van der Waals surface area contributed by atoms with Crippen molar-refractivity contribution in [1.29, 1.82) is 0 Å². The molecular formula is C21H28N4O4S. The number of aromatic nitrogens is 2. The summed E-state index contributed by atoms with van der Waals surface area (Å²) in [5.41, 5.74) is 1.38. The second-order valence-electron chi connectivity index (χ2n) is 8.48. The van der Waals surface area contributed by atoms with Crippen LogP contribution in [0, 0.1) is 0 Å². The zero-order valence-corrected chi connectivity index (χ0v) is 18.0. The number of carbonyl (C=O) groups is 2. The Kier molecular flexibility index (Phi) is 5.81. The monoisotopic (exact) mass is 432 g/mol. The van der Waals surface area contributed by atoms with Crippen molar-refractivity contribution < 1.29 is 18.0 Å². The minimum Gasteiger partial charge on any atom is -0.350 e. The van der Waals surface area contributed by atoms with Crippen LogP contribution in [0.3, 0.4) is 0 Å². The number of benzene rings is 1. The predicted molar refractivity (Wildman–Crippen MR) is 113 cm³/mol. The van der Waals surface area contributed by atoms with Crippen LogP contribution in [0.25, 0.3) is 11.0 Å². The Balaban J connectivity index is 1.46. The molecule has 1 saturated carbocycles. The highest BCUT2D eigenvalue weighted by Gasteiger charge is 2.35. The van der Waals surface area contributed by atoms with E-state index in [0.717, 1.165) is 37.5 Å². The number of hydrogen-bond donors (Lipinski definition) is 1. The zero-order valence-electron chi connectivity index (χ0n) is 17.2. The smallest absolute Gasteiger partial charge is 0.240 e. The van der Waals surface area contributed by atoms with Gasteiger partial charge >= 0.3 is 0 Å². The second kappa shape index (κ2) is 8.37. The molecule has 1 unspecified atom stereocenters. The first kappa shape index (κ1) is 20.8. The Morgan fingerprint density at radius 2 is 1.93 bits per heavy atom. The molecule has 1 atom stereocenters. The van der Waals surface area contributed by atoms with Crippen molar-refractivity contribution in [3.8, 4) is 0 Å². The zero-order chi connectivity index (χ0) is 21.3. The summed E-state index contributed by atoms with van der Waals surface area (Å²) in [4.78, 5) is 31.6. The van der Waals surface area contributed by atoms with E-state index in [4.69, 9.17) is 0 Å². The highest BCUT2D eigenvalue weighted by molar-refractivity contribution is 7.89. The van der Waals surface area contributed by atoms with Gasteiger partial charge in [-0.3, -0.25) is 9.59 Å². The fourth-order valence-electron chi connectivity index (χ4n) is 4.64. The predicted octanol–water partition coefficient (Wildman–Crippen LogP) is 1.63. The molecule has 2 amide bonds. The molecule has 1 aliphatic carbocycles. The number of nitrogens with zero attached hydrogens (tertiary/aromatic N) is 3. The minimum atomic E-state index is -3.30. The number of carbonyl (C=O) groups excluding carboxylic acids is 2. The highest BCUT2D eigenvalue weighted by Crippen LogP contribution is 2.26. The molecule has 162 valence electrons. The summed E-state index contributed by atoms with van der Waals surface area (Å²) in [6.45, 7) is 0.523. The van der Waals surface area contributed by atoms with Crippen LogP contribution < -0.4 is 5.32 Å². The van der Waals surface area contributed by atoms with Crippen LogP contribution in [0.5, 0.6) is 0 Å². The number of sulfone groups is 1. The second-order valence-corrected chi connectivity index (χ2v) is 10.6. The molecule has 2 aromatic rings. The Hall–Kier alpha value is -2.42. The number of hydrogen-bond acceptors (Lipinski definition) is 5. The quantitative estimate of drug-likeness (QED) is 0.748. The average Bonchev–Trinajstić information content (AvgIpc) is 3.21. The van der Waals surface area contributed by atoms with Gasteiger partial charge in [0, 0.05) is 25.3 Å². The van der Waals surface area contributed by atoms with Crippen LogP contribution in [0.1, 0.15) is 44.3 Å². The van der Waals surface area contributed by atoms with E-state index in [2.05, 4.69) is 10.3 Å².